The molecule has 2 saturated heterocycles. The molecule has 1 atom stereocenters. The zero-order valence-electron chi connectivity index (χ0n) is 13.3. The van der Waals surface area contributed by atoms with Crippen molar-refractivity contribution in [2.45, 2.75) is 25.3 Å². The van der Waals surface area contributed by atoms with E-state index in [9.17, 15) is 19.5 Å². The van der Waals surface area contributed by atoms with Crippen LogP contribution >= 0.6 is 0 Å². The Bertz CT molecular complexity index is 638. The van der Waals surface area contributed by atoms with Crippen molar-refractivity contribution in [1.29, 1.82) is 0 Å². The summed E-state index contributed by atoms with van der Waals surface area (Å²) < 4.78 is 0. The molecule has 2 aliphatic heterocycles. The molecule has 3 rings (SSSR count). The van der Waals surface area contributed by atoms with E-state index in [1.54, 1.807) is 4.90 Å². The van der Waals surface area contributed by atoms with Crippen molar-refractivity contribution in [3.05, 3.63) is 35.9 Å². The second-order valence-electron chi connectivity index (χ2n) is 6.48. The first kappa shape index (κ1) is 16.3. The highest BCUT2D eigenvalue weighted by molar-refractivity contribution is 5.90. The lowest BCUT2D eigenvalue weighted by Crippen LogP contribution is -2.52. The number of hydrogen-bond acceptors (Lipinski definition) is 3. The van der Waals surface area contributed by atoms with Crippen LogP contribution in [0.15, 0.2) is 30.3 Å². The van der Waals surface area contributed by atoms with Gasteiger partial charge in [0.15, 0.2) is 0 Å². The Morgan fingerprint density at radius 1 is 1.21 bits per heavy atom. The lowest BCUT2D eigenvalue weighted by molar-refractivity contribution is -0.154. The molecule has 2 fully saturated rings. The van der Waals surface area contributed by atoms with Gasteiger partial charge in [-0.3, -0.25) is 9.59 Å². The van der Waals surface area contributed by atoms with E-state index in [4.69, 9.17) is 0 Å². The van der Waals surface area contributed by atoms with Crippen LogP contribution in [0.4, 0.5) is 4.79 Å². The highest BCUT2D eigenvalue weighted by Crippen LogP contribution is 2.35. The van der Waals surface area contributed by atoms with Crippen LogP contribution in [0.3, 0.4) is 0 Å². The van der Waals surface area contributed by atoms with Crippen molar-refractivity contribution >= 4 is 17.9 Å². The Balaban J connectivity index is 1.65. The average molecular weight is 331 g/mol. The van der Waals surface area contributed by atoms with Gasteiger partial charge in [0.1, 0.15) is 6.04 Å². The number of nitrogens with zero attached hydrogens (tertiary/aromatic N) is 1. The molecular formula is C17H21N3O4. The summed E-state index contributed by atoms with van der Waals surface area (Å²) in [4.78, 5) is 37.1. The van der Waals surface area contributed by atoms with Gasteiger partial charge in [-0.1, -0.05) is 30.3 Å². The fourth-order valence-electron chi connectivity index (χ4n) is 3.43. The van der Waals surface area contributed by atoms with Crippen LogP contribution in [0, 0.1) is 5.41 Å². The highest BCUT2D eigenvalue weighted by Gasteiger charge is 2.43. The zero-order valence-corrected chi connectivity index (χ0v) is 13.3. The van der Waals surface area contributed by atoms with Crippen molar-refractivity contribution in [3.8, 4) is 0 Å². The normalized spacial score (nSPS) is 22.6. The molecule has 7 heteroatoms. The van der Waals surface area contributed by atoms with Gasteiger partial charge < -0.3 is 20.6 Å². The molecule has 0 aliphatic carbocycles. The van der Waals surface area contributed by atoms with Crippen LogP contribution in [0.5, 0.6) is 0 Å². The van der Waals surface area contributed by atoms with Gasteiger partial charge in [0.05, 0.1) is 5.41 Å². The second-order valence-corrected chi connectivity index (χ2v) is 6.48. The molecule has 1 aromatic carbocycles. The fourth-order valence-corrected chi connectivity index (χ4v) is 3.43. The number of benzene rings is 1. The van der Waals surface area contributed by atoms with E-state index in [2.05, 4.69) is 10.6 Å². The van der Waals surface area contributed by atoms with Crippen LogP contribution in [0.2, 0.25) is 0 Å². The zero-order chi connectivity index (χ0) is 17.2. The maximum Gasteiger partial charge on any atom is 0.315 e. The summed E-state index contributed by atoms with van der Waals surface area (Å²) in [6.07, 6.45) is 1.29. The lowest BCUT2D eigenvalue weighted by Gasteiger charge is -2.39. The maximum atomic E-state index is 12.4. The first-order valence-corrected chi connectivity index (χ1v) is 8.11. The number of nitrogens with one attached hydrogen (secondary N) is 2. The number of piperidine rings is 1. The van der Waals surface area contributed by atoms with Gasteiger partial charge in [0.2, 0.25) is 5.91 Å². The smallest absolute Gasteiger partial charge is 0.315 e. The van der Waals surface area contributed by atoms with E-state index in [1.165, 1.54) is 0 Å². The number of aliphatic carboxylic acids is 1. The number of likely N-dealkylation sites (tertiary alicyclic amines) is 1. The van der Waals surface area contributed by atoms with Crippen LogP contribution in [-0.2, 0) is 16.0 Å². The van der Waals surface area contributed by atoms with Crippen molar-refractivity contribution in [2.75, 3.05) is 19.6 Å². The summed E-state index contributed by atoms with van der Waals surface area (Å²) in [5.41, 5.74) is 0.155. The SMILES string of the molecule is O=C1NCC(C(=O)N2CCC(Cc3ccccc3)(C(=O)O)CC2)N1. The van der Waals surface area contributed by atoms with Crippen LogP contribution in [0.25, 0.3) is 0 Å². The van der Waals surface area contributed by atoms with Gasteiger partial charge in [-0.2, -0.15) is 0 Å². The number of carbonyl (C=O) groups is 3. The molecule has 0 saturated carbocycles. The number of carbonyl (C=O) groups excluding carboxylic acids is 2. The third-order valence-electron chi connectivity index (χ3n) is 4.94. The molecule has 1 aromatic rings. The highest BCUT2D eigenvalue weighted by atomic mass is 16.4. The Kier molecular flexibility index (Phi) is 4.42. The molecule has 0 aromatic heterocycles. The summed E-state index contributed by atoms with van der Waals surface area (Å²) in [5, 5.41) is 14.9. The molecule has 0 spiro atoms. The van der Waals surface area contributed by atoms with Gasteiger partial charge in [-0.05, 0) is 24.8 Å². The van der Waals surface area contributed by atoms with E-state index in [-0.39, 0.29) is 18.5 Å². The molecule has 7 nitrogen and oxygen atoms in total. The van der Waals surface area contributed by atoms with E-state index in [0.29, 0.717) is 32.4 Å². The largest absolute Gasteiger partial charge is 0.481 e. The summed E-state index contributed by atoms with van der Waals surface area (Å²) in [7, 11) is 0. The summed E-state index contributed by atoms with van der Waals surface area (Å²) in [6, 6.07) is 8.68. The number of rotatable bonds is 4. The molecule has 3 amide bonds. The van der Waals surface area contributed by atoms with Crippen molar-refractivity contribution < 1.29 is 19.5 Å². The molecular weight excluding hydrogens is 310 g/mol. The predicted octanol–water partition coefficient (Wildman–Crippen LogP) is 0.604. The minimum absolute atomic E-state index is 0.146. The number of hydrogen-bond donors (Lipinski definition) is 3. The average Bonchev–Trinajstić information content (AvgIpc) is 3.02. The van der Waals surface area contributed by atoms with Gasteiger partial charge in [-0.25, -0.2) is 4.79 Å². The molecule has 2 heterocycles. The fraction of sp³-hybridized carbons (Fsp3) is 0.471. The van der Waals surface area contributed by atoms with E-state index < -0.39 is 17.4 Å². The Morgan fingerprint density at radius 3 is 2.42 bits per heavy atom. The quantitative estimate of drug-likeness (QED) is 0.752. The first-order valence-electron chi connectivity index (χ1n) is 8.11. The Labute approximate surface area is 140 Å². The van der Waals surface area contributed by atoms with Crippen molar-refractivity contribution in [3.63, 3.8) is 0 Å². The molecule has 2 aliphatic rings. The van der Waals surface area contributed by atoms with E-state index >= 15 is 0 Å². The van der Waals surface area contributed by atoms with E-state index in [0.717, 1.165) is 5.56 Å². The van der Waals surface area contributed by atoms with Crippen LogP contribution < -0.4 is 10.6 Å². The van der Waals surface area contributed by atoms with Gasteiger partial charge in [-0.15, -0.1) is 0 Å². The third-order valence-corrected chi connectivity index (χ3v) is 4.94. The molecule has 3 N–H and O–H groups in total. The van der Waals surface area contributed by atoms with Crippen LogP contribution in [0.1, 0.15) is 18.4 Å². The molecule has 0 bridgehead atoms. The minimum atomic E-state index is -0.838. The second kappa shape index (κ2) is 6.51. The molecule has 24 heavy (non-hydrogen) atoms. The minimum Gasteiger partial charge on any atom is -0.481 e. The summed E-state index contributed by atoms with van der Waals surface area (Å²) in [5.74, 6) is -0.957. The predicted molar refractivity (Wildman–Crippen MR) is 86.4 cm³/mol. The molecule has 128 valence electrons. The third kappa shape index (κ3) is 3.20. The summed E-state index contributed by atoms with van der Waals surface area (Å²) in [6.45, 7) is 1.07. The van der Waals surface area contributed by atoms with E-state index in [1.807, 2.05) is 30.3 Å². The molecule has 1 unspecified atom stereocenters. The Hall–Kier alpha value is -2.57. The number of urea groups is 1. The monoisotopic (exact) mass is 331 g/mol. The standard InChI is InChI=1S/C17H21N3O4/c21-14(13-11-18-16(24)19-13)20-8-6-17(7-9-20,15(22)23)10-12-4-2-1-3-5-12/h1-5,13H,6-11H2,(H,22,23)(H2,18,19,24). The van der Waals surface area contributed by atoms with Crippen LogP contribution in [-0.4, -0.2) is 53.6 Å². The number of amides is 3. The van der Waals surface area contributed by atoms with Crippen molar-refractivity contribution in [2.24, 2.45) is 5.41 Å². The number of carboxylic acid groups (broad SMARTS) is 1. The summed E-state index contributed by atoms with van der Waals surface area (Å²) >= 11 is 0. The first-order chi connectivity index (χ1) is 11.5. The van der Waals surface area contributed by atoms with Gasteiger partial charge >= 0.3 is 12.0 Å². The van der Waals surface area contributed by atoms with Gasteiger partial charge in [0.25, 0.3) is 0 Å². The van der Waals surface area contributed by atoms with Crippen molar-refractivity contribution in [1.82, 2.24) is 15.5 Å². The Morgan fingerprint density at radius 2 is 1.88 bits per heavy atom. The topological polar surface area (TPSA) is 98.7 Å². The number of carboxylic acids is 1. The maximum absolute atomic E-state index is 12.4. The molecule has 0 radical (unpaired) electrons. The van der Waals surface area contributed by atoms with Gasteiger partial charge in [0, 0.05) is 19.6 Å². The lowest BCUT2D eigenvalue weighted by atomic mass is 9.73.